The van der Waals surface area contributed by atoms with Gasteiger partial charge in [0.2, 0.25) is 0 Å². The second kappa shape index (κ2) is 9.07. The number of carbonyl (C=O) groups excluding carboxylic acids is 1. The van der Waals surface area contributed by atoms with Crippen molar-refractivity contribution >= 4 is 11.9 Å². The molecule has 0 aliphatic heterocycles. The van der Waals surface area contributed by atoms with Crippen molar-refractivity contribution in [1.82, 2.24) is 5.32 Å². The van der Waals surface area contributed by atoms with Gasteiger partial charge in [0.25, 0.3) is 5.91 Å². The zero-order chi connectivity index (χ0) is 16.5. The zero-order valence-corrected chi connectivity index (χ0v) is 13.5. The van der Waals surface area contributed by atoms with Gasteiger partial charge in [0, 0.05) is 12.5 Å². The zero-order valence-electron chi connectivity index (χ0n) is 13.5. The van der Waals surface area contributed by atoms with Gasteiger partial charge in [0.05, 0.1) is 0 Å². The molecule has 5 heteroatoms. The van der Waals surface area contributed by atoms with Gasteiger partial charge in [-0.1, -0.05) is 32.0 Å². The molecule has 0 saturated carbocycles. The molecule has 1 amide bonds. The average molecular weight is 307 g/mol. The number of nitrogens with one attached hydrogen (secondary N) is 1. The summed E-state index contributed by atoms with van der Waals surface area (Å²) in [6, 6.07) is 7.54. The van der Waals surface area contributed by atoms with Crippen molar-refractivity contribution in [2.75, 3.05) is 6.61 Å². The number of benzene rings is 1. The number of rotatable bonds is 9. The molecule has 0 radical (unpaired) electrons. The highest BCUT2D eigenvalue weighted by Gasteiger charge is 2.13. The van der Waals surface area contributed by atoms with Crippen LogP contribution in [-0.4, -0.2) is 29.6 Å². The summed E-state index contributed by atoms with van der Waals surface area (Å²) in [6.07, 6.45) is 1.45. The van der Waals surface area contributed by atoms with E-state index in [-0.39, 0.29) is 25.0 Å². The van der Waals surface area contributed by atoms with Gasteiger partial charge in [-0.25, -0.2) is 0 Å². The van der Waals surface area contributed by atoms with E-state index in [2.05, 4.69) is 19.2 Å². The minimum atomic E-state index is -0.861. The molecule has 0 aliphatic carbocycles. The van der Waals surface area contributed by atoms with E-state index < -0.39 is 5.97 Å². The van der Waals surface area contributed by atoms with Gasteiger partial charge < -0.3 is 15.2 Å². The molecule has 1 aromatic carbocycles. The first-order chi connectivity index (χ1) is 10.4. The standard InChI is InChI=1S/C17H25NO4/c1-4-12(2)14-7-5-6-8-15(14)22-11-16(19)18-13(3)9-10-17(20)21/h5-8,12-13H,4,9-11H2,1-3H3,(H,18,19)(H,20,21). The molecule has 0 aromatic heterocycles. The molecule has 0 aliphatic rings. The Hall–Kier alpha value is -2.04. The number of hydrogen-bond acceptors (Lipinski definition) is 3. The van der Waals surface area contributed by atoms with Gasteiger partial charge >= 0.3 is 5.97 Å². The predicted molar refractivity (Wildman–Crippen MR) is 85.1 cm³/mol. The van der Waals surface area contributed by atoms with Crippen LogP contribution in [0.4, 0.5) is 0 Å². The van der Waals surface area contributed by atoms with Gasteiger partial charge in [-0.15, -0.1) is 0 Å². The number of carbonyl (C=O) groups is 2. The molecule has 2 unspecified atom stereocenters. The maximum atomic E-state index is 11.8. The molecule has 0 bridgehead atoms. The lowest BCUT2D eigenvalue weighted by Gasteiger charge is -2.17. The number of carboxylic acid groups (broad SMARTS) is 1. The van der Waals surface area contributed by atoms with Gasteiger partial charge in [-0.3, -0.25) is 9.59 Å². The minimum Gasteiger partial charge on any atom is -0.483 e. The van der Waals surface area contributed by atoms with Crippen LogP contribution in [-0.2, 0) is 9.59 Å². The lowest BCUT2D eigenvalue weighted by atomic mass is 9.98. The Morgan fingerprint density at radius 3 is 2.59 bits per heavy atom. The third kappa shape index (κ3) is 6.16. The maximum absolute atomic E-state index is 11.8. The van der Waals surface area contributed by atoms with Crippen LogP contribution in [0.15, 0.2) is 24.3 Å². The Kier molecular flexibility index (Phi) is 7.43. The highest BCUT2D eigenvalue weighted by molar-refractivity contribution is 5.78. The van der Waals surface area contributed by atoms with Crippen molar-refractivity contribution in [2.24, 2.45) is 0 Å². The molecule has 2 N–H and O–H groups in total. The number of amides is 1. The van der Waals surface area contributed by atoms with Crippen molar-refractivity contribution in [3.8, 4) is 5.75 Å². The minimum absolute atomic E-state index is 0.0408. The van der Waals surface area contributed by atoms with Crippen molar-refractivity contribution in [3.63, 3.8) is 0 Å². The largest absolute Gasteiger partial charge is 0.483 e. The normalized spacial score (nSPS) is 13.2. The Morgan fingerprint density at radius 1 is 1.27 bits per heavy atom. The van der Waals surface area contributed by atoms with Crippen LogP contribution in [0.2, 0.25) is 0 Å². The lowest BCUT2D eigenvalue weighted by Crippen LogP contribution is -2.36. The quantitative estimate of drug-likeness (QED) is 0.735. The monoisotopic (exact) mass is 307 g/mol. The molecular weight excluding hydrogens is 282 g/mol. The van der Waals surface area contributed by atoms with Gasteiger partial charge in [-0.2, -0.15) is 0 Å². The number of para-hydroxylation sites is 1. The van der Waals surface area contributed by atoms with E-state index in [0.717, 1.165) is 17.7 Å². The topological polar surface area (TPSA) is 75.6 Å². The first kappa shape index (κ1) is 18.0. The van der Waals surface area contributed by atoms with Crippen molar-refractivity contribution in [1.29, 1.82) is 0 Å². The molecule has 2 atom stereocenters. The van der Waals surface area contributed by atoms with Crippen molar-refractivity contribution in [2.45, 2.75) is 52.0 Å². The van der Waals surface area contributed by atoms with Crippen molar-refractivity contribution < 1.29 is 19.4 Å². The van der Waals surface area contributed by atoms with Gasteiger partial charge in [0.1, 0.15) is 5.75 Å². The fraction of sp³-hybridized carbons (Fsp3) is 0.529. The fourth-order valence-electron chi connectivity index (χ4n) is 2.11. The van der Waals surface area contributed by atoms with Crippen LogP contribution in [0.5, 0.6) is 5.75 Å². The van der Waals surface area contributed by atoms with Crippen LogP contribution < -0.4 is 10.1 Å². The Morgan fingerprint density at radius 2 is 1.95 bits per heavy atom. The highest BCUT2D eigenvalue weighted by Crippen LogP contribution is 2.28. The lowest BCUT2D eigenvalue weighted by molar-refractivity contribution is -0.137. The molecule has 0 heterocycles. The van der Waals surface area contributed by atoms with E-state index in [1.54, 1.807) is 6.92 Å². The Labute approximate surface area is 131 Å². The van der Waals surface area contributed by atoms with Crippen molar-refractivity contribution in [3.05, 3.63) is 29.8 Å². The van der Waals surface area contributed by atoms with Crippen LogP contribution in [0, 0.1) is 0 Å². The summed E-state index contributed by atoms with van der Waals surface area (Å²) < 4.78 is 5.62. The number of hydrogen-bond donors (Lipinski definition) is 2. The second-order valence-corrected chi connectivity index (χ2v) is 5.54. The third-order valence-corrected chi connectivity index (χ3v) is 3.62. The smallest absolute Gasteiger partial charge is 0.303 e. The Bertz CT molecular complexity index is 501. The van der Waals surface area contributed by atoms with E-state index in [1.165, 1.54) is 0 Å². The summed E-state index contributed by atoms with van der Waals surface area (Å²) >= 11 is 0. The first-order valence-corrected chi connectivity index (χ1v) is 7.66. The molecular formula is C17H25NO4. The summed E-state index contributed by atoms with van der Waals surface area (Å²) in [5.74, 6) is -0.00406. The van der Waals surface area contributed by atoms with E-state index in [1.807, 2.05) is 24.3 Å². The molecule has 0 fully saturated rings. The molecule has 122 valence electrons. The summed E-state index contributed by atoms with van der Waals surface area (Å²) in [5.41, 5.74) is 1.09. The second-order valence-electron chi connectivity index (χ2n) is 5.54. The van der Waals surface area contributed by atoms with Crippen LogP contribution in [0.3, 0.4) is 0 Å². The third-order valence-electron chi connectivity index (χ3n) is 3.62. The molecule has 1 aromatic rings. The van der Waals surface area contributed by atoms with E-state index >= 15 is 0 Å². The summed E-state index contributed by atoms with van der Waals surface area (Å²) in [6.45, 7) is 5.95. The van der Waals surface area contributed by atoms with Crippen LogP contribution >= 0.6 is 0 Å². The van der Waals surface area contributed by atoms with Gasteiger partial charge in [0.15, 0.2) is 6.61 Å². The maximum Gasteiger partial charge on any atom is 0.303 e. The number of aliphatic carboxylic acids is 1. The highest BCUT2D eigenvalue weighted by atomic mass is 16.5. The van der Waals surface area contributed by atoms with E-state index in [0.29, 0.717) is 12.3 Å². The number of ether oxygens (including phenoxy) is 1. The predicted octanol–water partition coefficient (Wildman–Crippen LogP) is 2.95. The molecule has 5 nitrogen and oxygen atoms in total. The average Bonchev–Trinajstić information content (AvgIpc) is 2.50. The molecule has 0 saturated heterocycles. The summed E-state index contributed by atoms with van der Waals surface area (Å²) in [4.78, 5) is 22.3. The molecule has 22 heavy (non-hydrogen) atoms. The summed E-state index contributed by atoms with van der Waals surface area (Å²) in [5, 5.41) is 11.4. The molecule has 0 spiro atoms. The van der Waals surface area contributed by atoms with Crippen LogP contribution in [0.25, 0.3) is 0 Å². The van der Waals surface area contributed by atoms with E-state index in [4.69, 9.17) is 9.84 Å². The Balaban J connectivity index is 2.49. The fourth-order valence-corrected chi connectivity index (χ4v) is 2.11. The summed E-state index contributed by atoms with van der Waals surface area (Å²) in [7, 11) is 0. The van der Waals surface area contributed by atoms with Gasteiger partial charge in [-0.05, 0) is 37.3 Å². The molecule has 1 rings (SSSR count). The first-order valence-electron chi connectivity index (χ1n) is 7.66. The van der Waals surface area contributed by atoms with Crippen LogP contribution in [0.1, 0.15) is 51.5 Å². The SMILES string of the molecule is CCC(C)c1ccccc1OCC(=O)NC(C)CCC(=O)O. The van der Waals surface area contributed by atoms with E-state index in [9.17, 15) is 9.59 Å². The number of carboxylic acids is 1.